The van der Waals surface area contributed by atoms with E-state index in [1.165, 1.54) is 0 Å². The minimum Gasteiger partial charge on any atom is -0.495 e. The summed E-state index contributed by atoms with van der Waals surface area (Å²) in [5.41, 5.74) is 0.776. The Morgan fingerprint density at radius 1 is 1.36 bits per heavy atom. The maximum Gasteiger partial charge on any atom is 0.255 e. The molecule has 1 unspecified atom stereocenters. The molecule has 0 spiro atoms. The highest BCUT2D eigenvalue weighted by molar-refractivity contribution is 5.79. The van der Waals surface area contributed by atoms with Gasteiger partial charge < -0.3 is 20.3 Å². The van der Waals surface area contributed by atoms with Crippen molar-refractivity contribution in [2.45, 2.75) is 19.3 Å². The lowest BCUT2D eigenvalue weighted by Crippen LogP contribution is -2.44. The van der Waals surface area contributed by atoms with Gasteiger partial charge in [-0.05, 0) is 31.0 Å². The molecule has 0 aliphatic carbocycles. The number of para-hydroxylation sites is 2. The fraction of sp³-hybridized carbons (Fsp3) is 0.421. The molecule has 1 atom stereocenters. The van der Waals surface area contributed by atoms with Crippen molar-refractivity contribution in [1.29, 1.82) is 0 Å². The summed E-state index contributed by atoms with van der Waals surface area (Å²) in [5, 5.41) is 5.50. The molecular weight excluding hydrogens is 368 g/mol. The van der Waals surface area contributed by atoms with Crippen LogP contribution in [0.3, 0.4) is 0 Å². The Balaban J connectivity index is 1.68. The summed E-state index contributed by atoms with van der Waals surface area (Å²) in [7, 11) is 1.60. The molecule has 0 bridgehead atoms. The number of rotatable bonds is 7. The van der Waals surface area contributed by atoms with Crippen molar-refractivity contribution in [2.24, 2.45) is 5.92 Å². The van der Waals surface area contributed by atoms with E-state index in [4.69, 9.17) is 4.74 Å². The Morgan fingerprint density at radius 3 is 2.96 bits per heavy atom. The average Bonchev–Trinajstić information content (AvgIpc) is 2.72. The molecule has 150 valence electrons. The molecule has 1 aliphatic heterocycles. The minimum atomic E-state index is -2.55. The van der Waals surface area contributed by atoms with Gasteiger partial charge in [-0.1, -0.05) is 12.1 Å². The number of nitrogens with one attached hydrogen (secondary N) is 2. The molecule has 9 heteroatoms. The molecule has 1 aromatic heterocycles. The standard InChI is InChI=1S/C19H23F2N5O2/c1-28-15-7-3-2-6-14(15)24-17-8-9-22-19(25-17)26-10-4-5-13(12-26)18(27)23-11-16(20)21/h2-3,6-9,13,16H,4-5,10-12H2,1H3,(H,23,27)(H,22,24,25). The number of piperidine rings is 1. The molecule has 1 amide bonds. The largest absolute Gasteiger partial charge is 0.495 e. The fourth-order valence-corrected chi connectivity index (χ4v) is 3.15. The summed E-state index contributed by atoms with van der Waals surface area (Å²) in [4.78, 5) is 22.9. The van der Waals surface area contributed by atoms with Crippen LogP contribution in [0.5, 0.6) is 5.75 Å². The summed E-state index contributed by atoms with van der Waals surface area (Å²) < 4.78 is 30.0. The van der Waals surface area contributed by atoms with E-state index >= 15 is 0 Å². The first-order valence-corrected chi connectivity index (χ1v) is 9.10. The van der Waals surface area contributed by atoms with E-state index in [1.54, 1.807) is 19.4 Å². The summed E-state index contributed by atoms with van der Waals surface area (Å²) >= 11 is 0. The van der Waals surface area contributed by atoms with Crippen molar-refractivity contribution >= 4 is 23.4 Å². The van der Waals surface area contributed by atoms with Gasteiger partial charge in [-0.3, -0.25) is 4.79 Å². The molecule has 2 N–H and O–H groups in total. The number of ether oxygens (including phenoxy) is 1. The van der Waals surface area contributed by atoms with Crippen molar-refractivity contribution in [3.8, 4) is 5.75 Å². The number of alkyl halides is 2. The van der Waals surface area contributed by atoms with Crippen LogP contribution >= 0.6 is 0 Å². The molecule has 3 rings (SSSR count). The first-order valence-electron chi connectivity index (χ1n) is 9.10. The second-order valence-corrected chi connectivity index (χ2v) is 6.49. The molecule has 1 aliphatic rings. The molecule has 1 saturated heterocycles. The number of hydrogen-bond acceptors (Lipinski definition) is 6. The van der Waals surface area contributed by atoms with Gasteiger partial charge in [0.2, 0.25) is 11.9 Å². The molecule has 7 nitrogen and oxygen atoms in total. The Kier molecular flexibility index (Phi) is 6.57. The molecule has 0 radical (unpaired) electrons. The van der Waals surface area contributed by atoms with E-state index in [1.807, 2.05) is 29.2 Å². The third kappa shape index (κ3) is 5.05. The van der Waals surface area contributed by atoms with Crippen LogP contribution in [0.15, 0.2) is 36.5 Å². The Morgan fingerprint density at radius 2 is 2.18 bits per heavy atom. The van der Waals surface area contributed by atoms with Gasteiger partial charge in [-0.15, -0.1) is 0 Å². The molecule has 0 saturated carbocycles. The summed E-state index contributed by atoms with van der Waals surface area (Å²) in [6, 6.07) is 9.23. The van der Waals surface area contributed by atoms with Crippen molar-refractivity contribution < 1.29 is 18.3 Å². The van der Waals surface area contributed by atoms with E-state index in [0.29, 0.717) is 37.0 Å². The highest BCUT2D eigenvalue weighted by atomic mass is 19.3. The number of halogens is 2. The number of carbonyl (C=O) groups is 1. The highest BCUT2D eigenvalue weighted by Gasteiger charge is 2.27. The van der Waals surface area contributed by atoms with Gasteiger partial charge in [-0.2, -0.15) is 4.98 Å². The summed E-state index contributed by atoms with van der Waals surface area (Å²) in [5.74, 6) is 1.07. The van der Waals surface area contributed by atoms with Crippen molar-refractivity contribution in [3.05, 3.63) is 36.5 Å². The first-order chi connectivity index (χ1) is 13.6. The quantitative estimate of drug-likeness (QED) is 0.756. The van der Waals surface area contributed by atoms with Gasteiger partial charge in [0, 0.05) is 19.3 Å². The Hall–Kier alpha value is -2.97. The number of methoxy groups -OCH3 is 1. The van der Waals surface area contributed by atoms with E-state index < -0.39 is 13.0 Å². The molecule has 28 heavy (non-hydrogen) atoms. The SMILES string of the molecule is COc1ccccc1Nc1ccnc(N2CCCC(C(=O)NCC(F)F)C2)n1. The number of hydrogen-bond donors (Lipinski definition) is 2. The average molecular weight is 391 g/mol. The zero-order valence-corrected chi connectivity index (χ0v) is 15.6. The van der Waals surface area contributed by atoms with E-state index in [2.05, 4.69) is 20.6 Å². The Labute approximate surface area is 162 Å². The van der Waals surface area contributed by atoms with Gasteiger partial charge in [-0.25, -0.2) is 13.8 Å². The van der Waals surface area contributed by atoms with Gasteiger partial charge >= 0.3 is 0 Å². The van der Waals surface area contributed by atoms with Gasteiger partial charge in [0.15, 0.2) is 0 Å². The fourth-order valence-electron chi connectivity index (χ4n) is 3.15. The lowest BCUT2D eigenvalue weighted by atomic mass is 9.97. The molecule has 2 aromatic rings. The molecule has 1 fully saturated rings. The smallest absolute Gasteiger partial charge is 0.255 e. The van der Waals surface area contributed by atoms with Gasteiger partial charge in [0.05, 0.1) is 25.3 Å². The van der Waals surface area contributed by atoms with Gasteiger partial charge in [0.1, 0.15) is 11.6 Å². The summed E-state index contributed by atoms with van der Waals surface area (Å²) in [6.07, 6.45) is 0.510. The maximum absolute atomic E-state index is 12.3. The third-order valence-corrected chi connectivity index (χ3v) is 4.52. The van der Waals surface area contributed by atoms with Crippen LogP contribution in [0.1, 0.15) is 12.8 Å². The number of benzene rings is 1. The number of aromatic nitrogens is 2. The molecule has 1 aromatic carbocycles. The van der Waals surface area contributed by atoms with E-state index in [9.17, 15) is 13.6 Å². The molecule has 2 heterocycles. The van der Waals surface area contributed by atoms with Crippen molar-refractivity contribution in [1.82, 2.24) is 15.3 Å². The number of amides is 1. The predicted octanol–water partition coefficient (Wildman–Crippen LogP) is 2.83. The van der Waals surface area contributed by atoms with Crippen LogP contribution in [0.4, 0.5) is 26.2 Å². The topological polar surface area (TPSA) is 79.4 Å². The minimum absolute atomic E-state index is 0.353. The highest BCUT2D eigenvalue weighted by Crippen LogP contribution is 2.27. The third-order valence-electron chi connectivity index (χ3n) is 4.52. The lowest BCUT2D eigenvalue weighted by molar-refractivity contribution is -0.125. The normalized spacial score (nSPS) is 16.7. The second-order valence-electron chi connectivity index (χ2n) is 6.49. The number of nitrogens with zero attached hydrogens (tertiary/aromatic N) is 3. The first kappa shape index (κ1) is 19.8. The zero-order valence-electron chi connectivity index (χ0n) is 15.6. The van der Waals surface area contributed by atoms with E-state index in [-0.39, 0.29) is 11.8 Å². The maximum atomic E-state index is 12.3. The van der Waals surface area contributed by atoms with Crippen LogP contribution in [0.2, 0.25) is 0 Å². The Bertz CT molecular complexity index is 805. The van der Waals surface area contributed by atoms with Crippen LogP contribution in [0.25, 0.3) is 0 Å². The van der Waals surface area contributed by atoms with E-state index in [0.717, 1.165) is 12.1 Å². The van der Waals surface area contributed by atoms with Crippen LogP contribution < -0.4 is 20.3 Å². The van der Waals surface area contributed by atoms with Crippen molar-refractivity contribution in [2.75, 3.05) is 37.0 Å². The zero-order chi connectivity index (χ0) is 19.9. The van der Waals surface area contributed by atoms with Crippen LogP contribution in [0, 0.1) is 5.92 Å². The second kappa shape index (κ2) is 9.29. The number of anilines is 3. The van der Waals surface area contributed by atoms with Gasteiger partial charge in [0.25, 0.3) is 6.43 Å². The van der Waals surface area contributed by atoms with Crippen LogP contribution in [-0.2, 0) is 4.79 Å². The lowest BCUT2D eigenvalue weighted by Gasteiger charge is -2.32. The van der Waals surface area contributed by atoms with Crippen molar-refractivity contribution in [3.63, 3.8) is 0 Å². The number of carbonyl (C=O) groups excluding carboxylic acids is 1. The predicted molar refractivity (Wildman–Crippen MR) is 102 cm³/mol. The summed E-state index contributed by atoms with van der Waals surface area (Å²) in [6.45, 7) is 0.480. The monoisotopic (exact) mass is 391 g/mol. The molecular formula is C19H23F2N5O2. The van der Waals surface area contributed by atoms with Crippen LogP contribution in [-0.4, -0.2) is 49.0 Å².